The van der Waals surface area contributed by atoms with Crippen molar-refractivity contribution in [2.75, 3.05) is 0 Å². The fourth-order valence-corrected chi connectivity index (χ4v) is 4.72. The van der Waals surface area contributed by atoms with Gasteiger partial charge in [0.1, 0.15) is 5.76 Å². The third-order valence-electron chi connectivity index (χ3n) is 6.61. The standard InChI is InChI=1S/C28H30O2.C2H6/c1-17-13-14-28(4,5)24-16-22(18(2)15-23(17)24)19(3)20-9-11-21(12-10-20)27-25(29)7-6-8-26(27)30;1-2/h9-17,29H,3,6-8H2,1-2,4-5H3;1-2H3. The van der Waals surface area contributed by atoms with Crippen molar-refractivity contribution in [3.63, 3.8) is 0 Å². The average Bonchev–Trinajstić information content (AvgIpc) is 2.78. The van der Waals surface area contributed by atoms with Gasteiger partial charge in [-0.15, -0.1) is 0 Å². The number of fused-ring (bicyclic) bond motifs is 1. The van der Waals surface area contributed by atoms with Crippen molar-refractivity contribution >= 4 is 16.9 Å². The summed E-state index contributed by atoms with van der Waals surface area (Å²) in [5, 5.41) is 10.2. The van der Waals surface area contributed by atoms with Crippen LogP contribution in [0, 0.1) is 6.92 Å². The zero-order chi connectivity index (χ0) is 23.6. The predicted octanol–water partition coefficient (Wildman–Crippen LogP) is 8.06. The van der Waals surface area contributed by atoms with Crippen LogP contribution in [0.5, 0.6) is 0 Å². The second-order valence-electron chi connectivity index (χ2n) is 9.28. The van der Waals surface area contributed by atoms with Gasteiger partial charge in [0.2, 0.25) is 0 Å². The molecule has 0 spiro atoms. The van der Waals surface area contributed by atoms with Gasteiger partial charge in [0.15, 0.2) is 5.78 Å². The molecule has 32 heavy (non-hydrogen) atoms. The molecule has 4 rings (SSSR count). The number of aliphatic hydroxyl groups is 1. The minimum Gasteiger partial charge on any atom is -0.512 e. The Bertz CT molecular complexity index is 1090. The van der Waals surface area contributed by atoms with Gasteiger partial charge in [-0.1, -0.05) is 83.7 Å². The Morgan fingerprint density at radius 1 is 1.09 bits per heavy atom. The van der Waals surface area contributed by atoms with Gasteiger partial charge in [0, 0.05) is 18.3 Å². The van der Waals surface area contributed by atoms with E-state index in [-0.39, 0.29) is 17.0 Å². The molecule has 0 aromatic heterocycles. The van der Waals surface area contributed by atoms with E-state index in [4.69, 9.17) is 0 Å². The van der Waals surface area contributed by atoms with Gasteiger partial charge in [-0.2, -0.15) is 0 Å². The second kappa shape index (κ2) is 9.32. The Labute approximate surface area is 193 Å². The number of aliphatic hydroxyl groups excluding tert-OH is 1. The van der Waals surface area contributed by atoms with Crippen molar-refractivity contribution < 1.29 is 9.90 Å². The maximum atomic E-state index is 12.3. The van der Waals surface area contributed by atoms with Crippen LogP contribution in [0.4, 0.5) is 0 Å². The van der Waals surface area contributed by atoms with E-state index in [1.807, 2.05) is 38.1 Å². The van der Waals surface area contributed by atoms with Crippen molar-refractivity contribution in [3.05, 3.63) is 94.3 Å². The van der Waals surface area contributed by atoms with Gasteiger partial charge in [0.05, 0.1) is 5.57 Å². The van der Waals surface area contributed by atoms with Gasteiger partial charge < -0.3 is 5.11 Å². The summed E-state index contributed by atoms with van der Waals surface area (Å²) in [5.41, 5.74) is 8.41. The molecule has 0 aliphatic heterocycles. The number of carbonyl (C=O) groups is 1. The lowest BCUT2D eigenvalue weighted by Gasteiger charge is -2.32. The summed E-state index contributed by atoms with van der Waals surface area (Å²) < 4.78 is 0. The van der Waals surface area contributed by atoms with Crippen LogP contribution in [-0.4, -0.2) is 10.9 Å². The highest BCUT2D eigenvalue weighted by molar-refractivity contribution is 6.21. The van der Waals surface area contributed by atoms with E-state index >= 15 is 0 Å². The number of allylic oxidation sites excluding steroid dienone is 4. The van der Waals surface area contributed by atoms with Crippen LogP contribution < -0.4 is 0 Å². The number of benzene rings is 2. The van der Waals surface area contributed by atoms with E-state index in [9.17, 15) is 9.90 Å². The molecular formula is C30H36O2. The normalized spacial score (nSPS) is 19.2. The fraction of sp³-hybridized carbons (Fsp3) is 0.367. The lowest BCUT2D eigenvalue weighted by molar-refractivity contribution is -0.114. The molecule has 1 N–H and O–H groups in total. The molecular weight excluding hydrogens is 392 g/mol. The average molecular weight is 429 g/mol. The number of hydrogen-bond donors (Lipinski definition) is 1. The summed E-state index contributed by atoms with van der Waals surface area (Å²) in [7, 11) is 0. The van der Waals surface area contributed by atoms with Crippen molar-refractivity contribution in [2.24, 2.45) is 0 Å². The number of carbonyl (C=O) groups excluding carboxylic acids is 1. The van der Waals surface area contributed by atoms with Gasteiger partial charge in [-0.3, -0.25) is 4.79 Å². The Kier molecular flexibility index (Phi) is 6.93. The van der Waals surface area contributed by atoms with Crippen LogP contribution in [0.15, 0.2) is 60.9 Å². The first-order valence-electron chi connectivity index (χ1n) is 11.8. The molecule has 0 amide bonds. The van der Waals surface area contributed by atoms with Crippen LogP contribution in [0.2, 0.25) is 0 Å². The van der Waals surface area contributed by atoms with E-state index in [1.54, 1.807) is 0 Å². The van der Waals surface area contributed by atoms with Gasteiger partial charge in [-0.25, -0.2) is 0 Å². The van der Waals surface area contributed by atoms with E-state index in [1.165, 1.54) is 16.7 Å². The fourth-order valence-electron chi connectivity index (χ4n) is 4.72. The molecule has 0 bridgehead atoms. The second-order valence-corrected chi connectivity index (χ2v) is 9.28. The van der Waals surface area contributed by atoms with Crippen LogP contribution in [0.25, 0.3) is 11.1 Å². The monoisotopic (exact) mass is 428 g/mol. The first kappa shape index (κ1) is 23.8. The van der Waals surface area contributed by atoms with Crippen molar-refractivity contribution in [1.29, 1.82) is 0 Å². The SMILES string of the molecule is C=C(c1ccc(C2=C(O)CCCC2=O)cc1)c1cc2c(cc1C)C(C)C=CC2(C)C.CC. The Balaban J connectivity index is 0.00000141. The summed E-state index contributed by atoms with van der Waals surface area (Å²) in [6.07, 6.45) is 6.41. The van der Waals surface area contributed by atoms with Crippen LogP contribution >= 0.6 is 0 Å². The van der Waals surface area contributed by atoms with Crippen molar-refractivity contribution in [1.82, 2.24) is 0 Å². The van der Waals surface area contributed by atoms with E-state index in [0.29, 0.717) is 24.3 Å². The number of aryl methyl sites for hydroxylation is 1. The third-order valence-corrected chi connectivity index (χ3v) is 6.61. The van der Waals surface area contributed by atoms with E-state index in [2.05, 4.69) is 58.6 Å². The minimum atomic E-state index is -0.000222. The van der Waals surface area contributed by atoms with E-state index < -0.39 is 0 Å². The molecule has 2 nitrogen and oxygen atoms in total. The van der Waals surface area contributed by atoms with Gasteiger partial charge >= 0.3 is 0 Å². The molecule has 0 saturated carbocycles. The molecule has 168 valence electrons. The zero-order valence-corrected chi connectivity index (χ0v) is 20.4. The molecule has 2 aliphatic carbocycles. The summed E-state index contributed by atoms with van der Waals surface area (Å²) >= 11 is 0. The Hall–Kier alpha value is -2.87. The highest BCUT2D eigenvalue weighted by Gasteiger charge is 2.28. The van der Waals surface area contributed by atoms with Crippen LogP contribution in [0.1, 0.15) is 93.2 Å². The number of rotatable bonds is 3. The summed E-state index contributed by atoms with van der Waals surface area (Å²) in [6, 6.07) is 12.5. The number of hydrogen-bond acceptors (Lipinski definition) is 2. The maximum Gasteiger partial charge on any atom is 0.166 e. The third kappa shape index (κ3) is 4.37. The molecule has 0 heterocycles. The summed E-state index contributed by atoms with van der Waals surface area (Å²) in [5.74, 6) is 0.662. The Morgan fingerprint density at radius 2 is 1.75 bits per heavy atom. The molecule has 0 fully saturated rings. The topological polar surface area (TPSA) is 37.3 Å². The van der Waals surface area contributed by atoms with Crippen molar-refractivity contribution in [2.45, 2.75) is 72.1 Å². The smallest absolute Gasteiger partial charge is 0.166 e. The zero-order valence-electron chi connectivity index (χ0n) is 20.4. The highest BCUT2D eigenvalue weighted by atomic mass is 16.3. The molecule has 0 saturated heterocycles. The molecule has 1 unspecified atom stereocenters. The van der Waals surface area contributed by atoms with Crippen molar-refractivity contribution in [3.8, 4) is 0 Å². The maximum absolute atomic E-state index is 12.3. The predicted molar refractivity (Wildman–Crippen MR) is 136 cm³/mol. The molecule has 1 atom stereocenters. The largest absolute Gasteiger partial charge is 0.512 e. The number of ketones is 1. The lowest BCUT2D eigenvalue weighted by atomic mass is 9.72. The van der Waals surface area contributed by atoms with Gasteiger partial charge in [-0.05, 0) is 64.3 Å². The van der Waals surface area contributed by atoms with Crippen LogP contribution in [0.3, 0.4) is 0 Å². The molecule has 2 aromatic rings. The Morgan fingerprint density at radius 3 is 2.38 bits per heavy atom. The first-order chi connectivity index (χ1) is 15.2. The summed E-state index contributed by atoms with van der Waals surface area (Å²) in [6.45, 7) is 17.3. The van der Waals surface area contributed by atoms with Gasteiger partial charge in [0.25, 0.3) is 0 Å². The first-order valence-corrected chi connectivity index (χ1v) is 11.8. The number of Topliss-reactive ketones (excluding diaryl/α,β-unsaturated/α-hetero) is 1. The molecule has 2 aromatic carbocycles. The molecule has 2 heteroatoms. The molecule has 2 aliphatic rings. The minimum absolute atomic E-state index is 0.000222. The highest BCUT2D eigenvalue weighted by Crippen LogP contribution is 2.41. The van der Waals surface area contributed by atoms with E-state index in [0.717, 1.165) is 28.7 Å². The quantitative estimate of drug-likeness (QED) is 0.502. The molecule has 0 radical (unpaired) electrons. The van der Waals surface area contributed by atoms with Crippen LogP contribution in [-0.2, 0) is 10.2 Å². The summed E-state index contributed by atoms with van der Waals surface area (Å²) in [4.78, 5) is 12.3. The lowest BCUT2D eigenvalue weighted by Crippen LogP contribution is -2.21.